The van der Waals surface area contributed by atoms with Crippen molar-refractivity contribution in [3.05, 3.63) is 35.9 Å². The van der Waals surface area contributed by atoms with Crippen molar-refractivity contribution in [1.29, 1.82) is 0 Å². The fourth-order valence-corrected chi connectivity index (χ4v) is 2.28. The molecule has 1 fully saturated rings. The van der Waals surface area contributed by atoms with Gasteiger partial charge in [-0.25, -0.2) is 0 Å². The normalized spacial score (nSPS) is 21.2. The van der Waals surface area contributed by atoms with E-state index >= 15 is 0 Å². The molecule has 1 aromatic carbocycles. The summed E-state index contributed by atoms with van der Waals surface area (Å²) in [4.78, 5) is 13.9. The van der Waals surface area contributed by atoms with Gasteiger partial charge < -0.3 is 14.7 Å². The zero-order chi connectivity index (χ0) is 13.7. The minimum Gasteiger partial charge on any atom is -0.391 e. The number of carbonyl (C=O) groups is 1. The number of aliphatic hydroxyl groups is 1. The number of aliphatic hydroxyl groups excluding tert-OH is 1. The van der Waals surface area contributed by atoms with Crippen LogP contribution < -0.4 is 0 Å². The van der Waals surface area contributed by atoms with Crippen LogP contribution in [0.1, 0.15) is 25.3 Å². The van der Waals surface area contributed by atoms with E-state index in [0.29, 0.717) is 13.2 Å². The Labute approximate surface area is 114 Å². The van der Waals surface area contributed by atoms with Crippen molar-refractivity contribution >= 4 is 5.91 Å². The number of benzene rings is 1. The molecule has 0 spiro atoms. The number of piperidine rings is 1. The van der Waals surface area contributed by atoms with Gasteiger partial charge in [0.15, 0.2) is 0 Å². The van der Waals surface area contributed by atoms with Gasteiger partial charge in [-0.2, -0.15) is 0 Å². The fourth-order valence-electron chi connectivity index (χ4n) is 2.28. The SMILES string of the molecule is CC(OCc1ccccc1)C(=O)N1CCCC(O)C1. The molecule has 0 bridgehead atoms. The number of carbonyl (C=O) groups excluding carboxylic acids is 1. The third kappa shape index (κ3) is 4.04. The first-order valence-electron chi connectivity index (χ1n) is 6.79. The second-order valence-electron chi connectivity index (χ2n) is 5.02. The Bertz CT molecular complexity index is 407. The summed E-state index contributed by atoms with van der Waals surface area (Å²) in [7, 11) is 0. The van der Waals surface area contributed by atoms with Crippen molar-refractivity contribution in [2.75, 3.05) is 13.1 Å². The lowest BCUT2D eigenvalue weighted by atomic mass is 10.1. The number of likely N-dealkylation sites (tertiary alicyclic amines) is 1. The standard InChI is InChI=1S/C15H21NO3/c1-12(19-11-13-6-3-2-4-7-13)15(18)16-9-5-8-14(17)10-16/h2-4,6-7,12,14,17H,5,8-11H2,1H3. The summed E-state index contributed by atoms with van der Waals surface area (Å²) in [5, 5.41) is 9.58. The number of hydrogen-bond acceptors (Lipinski definition) is 3. The summed E-state index contributed by atoms with van der Waals surface area (Å²) < 4.78 is 5.61. The van der Waals surface area contributed by atoms with Gasteiger partial charge in [0.2, 0.25) is 0 Å². The van der Waals surface area contributed by atoms with Gasteiger partial charge in [0.05, 0.1) is 12.7 Å². The van der Waals surface area contributed by atoms with Crippen LogP contribution in [0.3, 0.4) is 0 Å². The molecular weight excluding hydrogens is 242 g/mol. The van der Waals surface area contributed by atoms with Crippen molar-refractivity contribution in [1.82, 2.24) is 4.90 Å². The van der Waals surface area contributed by atoms with Gasteiger partial charge in [0, 0.05) is 13.1 Å². The molecular formula is C15H21NO3. The zero-order valence-corrected chi connectivity index (χ0v) is 11.3. The Kier molecular flexibility index (Phi) is 4.93. The molecule has 4 nitrogen and oxygen atoms in total. The van der Waals surface area contributed by atoms with Crippen LogP contribution in [-0.2, 0) is 16.1 Å². The van der Waals surface area contributed by atoms with Crippen LogP contribution in [0.4, 0.5) is 0 Å². The van der Waals surface area contributed by atoms with Gasteiger partial charge in [-0.3, -0.25) is 4.79 Å². The van der Waals surface area contributed by atoms with Crippen molar-refractivity contribution in [3.8, 4) is 0 Å². The zero-order valence-electron chi connectivity index (χ0n) is 11.3. The molecule has 0 aromatic heterocycles. The lowest BCUT2D eigenvalue weighted by molar-refractivity contribution is -0.146. The van der Waals surface area contributed by atoms with Gasteiger partial charge in [-0.15, -0.1) is 0 Å². The maximum absolute atomic E-state index is 12.2. The fraction of sp³-hybridized carbons (Fsp3) is 0.533. The van der Waals surface area contributed by atoms with Crippen LogP contribution in [0.25, 0.3) is 0 Å². The molecule has 1 aliphatic heterocycles. The van der Waals surface area contributed by atoms with E-state index in [2.05, 4.69) is 0 Å². The molecule has 4 heteroatoms. The van der Waals surface area contributed by atoms with E-state index < -0.39 is 6.10 Å². The van der Waals surface area contributed by atoms with Crippen LogP contribution in [-0.4, -0.2) is 41.2 Å². The molecule has 2 unspecified atom stereocenters. The minimum atomic E-state index is -0.467. The predicted octanol–water partition coefficient (Wildman–Crippen LogP) is 1.57. The molecule has 104 valence electrons. The summed E-state index contributed by atoms with van der Waals surface area (Å²) in [5.41, 5.74) is 1.06. The molecule has 1 heterocycles. The molecule has 1 N–H and O–H groups in total. The number of hydrogen-bond donors (Lipinski definition) is 1. The quantitative estimate of drug-likeness (QED) is 0.897. The third-order valence-electron chi connectivity index (χ3n) is 3.40. The number of β-amino-alcohol motifs (C(OH)–C–C–N with tert-alkyl or cyclic N) is 1. The van der Waals surface area contributed by atoms with Gasteiger partial charge in [-0.05, 0) is 25.3 Å². The van der Waals surface area contributed by atoms with Crippen molar-refractivity contribution in [2.24, 2.45) is 0 Å². The summed E-state index contributed by atoms with van der Waals surface area (Å²) in [6.07, 6.45) is 0.783. The second-order valence-corrected chi connectivity index (χ2v) is 5.02. The average molecular weight is 263 g/mol. The Morgan fingerprint density at radius 1 is 1.47 bits per heavy atom. The van der Waals surface area contributed by atoms with Gasteiger partial charge >= 0.3 is 0 Å². The number of ether oxygens (including phenoxy) is 1. The molecule has 1 aromatic rings. The van der Waals surface area contributed by atoms with Crippen LogP contribution in [0.15, 0.2) is 30.3 Å². The Morgan fingerprint density at radius 3 is 2.89 bits per heavy atom. The molecule has 0 radical (unpaired) electrons. The summed E-state index contributed by atoms with van der Waals surface area (Å²) in [5.74, 6) is -0.0327. The van der Waals surface area contributed by atoms with E-state index in [-0.39, 0.29) is 12.0 Å². The maximum atomic E-state index is 12.2. The molecule has 1 aliphatic rings. The van der Waals surface area contributed by atoms with E-state index in [1.165, 1.54) is 0 Å². The monoisotopic (exact) mass is 263 g/mol. The summed E-state index contributed by atoms with van der Waals surface area (Å²) in [6, 6.07) is 9.80. The van der Waals surface area contributed by atoms with Crippen LogP contribution in [0, 0.1) is 0 Å². The van der Waals surface area contributed by atoms with Crippen molar-refractivity contribution in [3.63, 3.8) is 0 Å². The van der Waals surface area contributed by atoms with Crippen molar-refractivity contribution in [2.45, 2.75) is 38.6 Å². The summed E-state index contributed by atoms with van der Waals surface area (Å²) in [6.45, 7) is 3.35. The highest BCUT2D eigenvalue weighted by Crippen LogP contribution is 2.13. The molecule has 2 atom stereocenters. The molecule has 2 rings (SSSR count). The molecule has 19 heavy (non-hydrogen) atoms. The maximum Gasteiger partial charge on any atom is 0.251 e. The smallest absolute Gasteiger partial charge is 0.251 e. The largest absolute Gasteiger partial charge is 0.391 e. The molecule has 1 amide bonds. The highest BCUT2D eigenvalue weighted by molar-refractivity contribution is 5.80. The first kappa shape index (κ1) is 14.0. The van der Waals surface area contributed by atoms with E-state index in [1.54, 1.807) is 11.8 Å². The second kappa shape index (κ2) is 6.68. The predicted molar refractivity (Wildman–Crippen MR) is 72.5 cm³/mol. The van der Waals surface area contributed by atoms with Gasteiger partial charge in [-0.1, -0.05) is 30.3 Å². The number of amides is 1. The lowest BCUT2D eigenvalue weighted by Crippen LogP contribution is -2.46. The van der Waals surface area contributed by atoms with E-state index in [1.807, 2.05) is 30.3 Å². The minimum absolute atomic E-state index is 0.0327. The first-order chi connectivity index (χ1) is 9.16. The van der Waals surface area contributed by atoms with E-state index in [0.717, 1.165) is 24.9 Å². The Hall–Kier alpha value is -1.39. The van der Waals surface area contributed by atoms with E-state index in [4.69, 9.17) is 4.74 Å². The summed E-state index contributed by atoms with van der Waals surface area (Å²) >= 11 is 0. The molecule has 0 saturated carbocycles. The Balaban J connectivity index is 1.82. The average Bonchev–Trinajstić information content (AvgIpc) is 2.45. The van der Waals surface area contributed by atoms with Crippen molar-refractivity contribution < 1.29 is 14.6 Å². The highest BCUT2D eigenvalue weighted by Gasteiger charge is 2.26. The van der Waals surface area contributed by atoms with Gasteiger partial charge in [0.25, 0.3) is 5.91 Å². The third-order valence-corrected chi connectivity index (χ3v) is 3.40. The van der Waals surface area contributed by atoms with Gasteiger partial charge in [0.1, 0.15) is 6.10 Å². The lowest BCUT2D eigenvalue weighted by Gasteiger charge is -2.31. The first-order valence-corrected chi connectivity index (χ1v) is 6.79. The number of nitrogens with zero attached hydrogens (tertiary/aromatic N) is 1. The topological polar surface area (TPSA) is 49.8 Å². The Morgan fingerprint density at radius 2 is 2.21 bits per heavy atom. The van der Waals surface area contributed by atoms with E-state index in [9.17, 15) is 9.90 Å². The molecule has 0 aliphatic carbocycles. The number of rotatable bonds is 4. The van der Waals surface area contributed by atoms with Crippen LogP contribution >= 0.6 is 0 Å². The van der Waals surface area contributed by atoms with Crippen LogP contribution in [0.5, 0.6) is 0 Å². The van der Waals surface area contributed by atoms with Crippen LogP contribution in [0.2, 0.25) is 0 Å². The highest BCUT2D eigenvalue weighted by atomic mass is 16.5. The molecule has 1 saturated heterocycles.